The number of likely N-dealkylation sites (tertiary alicyclic amines) is 1. The molecule has 1 aromatic rings. The van der Waals surface area contributed by atoms with Gasteiger partial charge in [0.1, 0.15) is 0 Å². The van der Waals surface area contributed by atoms with E-state index in [-0.39, 0.29) is 18.2 Å². The Bertz CT molecular complexity index is 543. The van der Waals surface area contributed by atoms with Gasteiger partial charge in [-0.15, -0.1) is 11.3 Å². The standard InChI is InChI=1S/C16H25N3O3S/c1-3-12-11(2)23-16(17-12)18-14(20)10-19-7-5-4-6-13(19)15-21-8-9-22-15/h13,15H,3-10H2,1-2H3,(H,17,18,20). The van der Waals surface area contributed by atoms with E-state index in [1.165, 1.54) is 4.88 Å². The number of aromatic nitrogens is 1. The monoisotopic (exact) mass is 339 g/mol. The van der Waals surface area contributed by atoms with Gasteiger partial charge in [-0.2, -0.15) is 0 Å². The Morgan fingerprint density at radius 3 is 2.87 bits per heavy atom. The number of nitrogens with zero attached hydrogens (tertiary/aromatic N) is 2. The van der Waals surface area contributed by atoms with Gasteiger partial charge in [0.15, 0.2) is 11.4 Å². The second kappa shape index (κ2) is 7.70. The predicted molar refractivity (Wildman–Crippen MR) is 89.8 cm³/mol. The first-order valence-electron chi connectivity index (χ1n) is 8.40. The lowest BCUT2D eigenvalue weighted by molar-refractivity contribution is -0.127. The van der Waals surface area contributed by atoms with Crippen molar-refractivity contribution in [1.29, 1.82) is 0 Å². The highest BCUT2D eigenvalue weighted by Gasteiger charge is 2.34. The third kappa shape index (κ3) is 4.09. The van der Waals surface area contributed by atoms with Crippen LogP contribution in [0, 0.1) is 6.92 Å². The van der Waals surface area contributed by atoms with Crippen LogP contribution >= 0.6 is 11.3 Å². The van der Waals surface area contributed by atoms with Gasteiger partial charge >= 0.3 is 0 Å². The summed E-state index contributed by atoms with van der Waals surface area (Å²) in [6, 6.07) is 0.182. The van der Waals surface area contributed by atoms with Crippen molar-refractivity contribution in [3.05, 3.63) is 10.6 Å². The van der Waals surface area contributed by atoms with Crippen molar-refractivity contribution < 1.29 is 14.3 Å². The molecule has 7 heteroatoms. The number of piperidine rings is 1. The molecular weight excluding hydrogens is 314 g/mol. The molecule has 0 saturated carbocycles. The second-order valence-corrected chi connectivity index (χ2v) is 7.27. The van der Waals surface area contributed by atoms with Gasteiger partial charge in [-0.3, -0.25) is 9.69 Å². The van der Waals surface area contributed by atoms with Crippen LogP contribution in [0.1, 0.15) is 36.8 Å². The number of hydrogen-bond acceptors (Lipinski definition) is 6. The number of carbonyl (C=O) groups is 1. The number of thiazole rings is 1. The summed E-state index contributed by atoms with van der Waals surface area (Å²) in [7, 11) is 0. The van der Waals surface area contributed by atoms with Crippen LogP contribution in [0.25, 0.3) is 0 Å². The molecule has 3 rings (SSSR count). The highest BCUT2D eigenvalue weighted by molar-refractivity contribution is 7.15. The molecular formula is C16H25N3O3S. The lowest BCUT2D eigenvalue weighted by atomic mass is 10.0. The summed E-state index contributed by atoms with van der Waals surface area (Å²) in [5.41, 5.74) is 1.06. The average Bonchev–Trinajstić information content (AvgIpc) is 3.17. The van der Waals surface area contributed by atoms with Gasteiger partial charge in [-0.1, -0.05) is 13.3 Å². The number of nitrogens with one attached hydrogen (secondary N) is 1. The van der Waals surface area contributed by atoms with E-state index in [0.29, 0.717) is 24.9 Å². The van der Waals surface area contributed by atoms with Gasteiger partial charge < -0.3 is 14.8 Å². The summed E-state index contributed by atoms with van der Waals surface area (Å²) in [5, 5.41) is 3.64. The number of ether oxygens (including phenoxy) is 2. The molecule has 3 heterocycles. The molecule has 0 radical (unpaired) electrons. The van der Waals surface area contributed by atoms with Crippen LogP contribution in [0.5, 0.6) is 0 Å². The molecule has 2 aliphatic heterocycles. The molecule has 0 spiro atoms. The van der Waals surface area contributed by atoms with Crippen molar-refractivity contribution in [3.63, 3.8) is 0 Å². The van der Waals surface area contributed by atoms with Gasteiger partial charge in [0.25, 0.3) is 0 Å². The van der Waals surface area contributed by atoms with Gasteiger partial charge in [-0.05, 0) is 32.7 Å². The molecule has 1 atom stereocenters. The summed E-state index contributed by atoms with van der Waals surface area (Å²) in [4.78, 5) is 20.2. The molecule has 0 aromatic carbocycles. The van der Waals surface area contributed by atoms with E-state index >= 15 is 0 Å². The average molecular weight is 339 g/mol. The van der Waals surface area contributed by atoms with E-state index in [1.807, 2.05) is 6.92 Å². The fourth-order valence-electron chi connectivity index (χ4n) is 3.27. The Labute approximate surface area is 141 Å². The molecule has 1 N–H and O–H groups in total. The molecule has 1 aromatic heterocycles. The summed E-state index contributed by atoms with van der Waals surface area (Å²) < 4.78 is 11.3. The van der Waals surface area contributed by atoms with E-state index < -0.39 is 0 Å². The van der Waals surface area contributed by atoms with Crippen LogP contribution < -0.4 is 5.32 Å². The zero-order valence-electron chi connectivity index (χ0n) is 13.8. The highest BCUT2D eigenvalue weighted by Crippen LogP contribution is 2.25. The summed E-state index contributed by atoms with van der Waals surface area (Å²) in [6.07, 6.45) is 4.01. The zero-order valence-corrected chi connectivity index (χ0v) is 14.7. The zero-order chi connectivity index (χ0) is 16.2. The molecule has 0 bridgehead atoms. The van der Waals surface area contributed by atoms with E-state index in [0.717, 1.165) is 37.9 Å². The van der Waals surface area contributed by atoms with Crippen LogP contribution in [-0.4, -0.2) is 54.4 Å². The Morgan fingerprint density at radius 2 is 2.17 bits per heavy atom. The first kappa shape index (κ1) is 16.8. The van der Waals surface area contributed by atoms with E-state index in [9.17, 15) is 4.79 Å². The Balaban J connectivity index is 1.58. The Hall–Kier alpha value is -1.02. The van der Waals surface area contributed by atoms with Crippen LogP contribution in [0.3, 0.4) is 0 Å². The van der Waals surface area contributed by atoms with Crippen molar-refractivity contribution in [3.8, 4) is 0 Å². The smallest absolute Gasteiger partial charge is 0.240 e. The molecule has 23 heavy (non-hydrogen) atoms. The van der Waals surface area contributed by atoms with Crippen molar-refractivity contribution >= 4 is 22.4 Å². The van der Waals surface area contributed by atoms with Crippen LogP contribution in [-0.2, 0) is 20.7 Å². The third-order valence-corrected chi connectivity index (χ3v) is 5.38. The maximum Gasteiger partial charge on any atom is 0.240 e. The highest BCUT2D eigenvalue weighted by atomic mass is 32.1. The lowest BCUT2D eigenvalue weighted by Gasteiger charge is -2.37. The number of rotatable bonds is 5. The SMILES string of the molecule is CCc1nc(NC(=O)CN2CCCCC2C2OCCO2)sc1C. The topological polar surface area (TPSA) is 63.7 Å². The quantitative estimate of drug-likeness (QED) is 0.891. The van der Waals surface area contributed by atoms with Gasteiger partial charge in [0, 0.05) is 4.88 Å². The summed E-state index contributed by atoms with van der Waals surface area (Å²) in [5.74, 6) is -0.00806. The van der Waals surface area contributed by atoms with Crippen molar-refractivity contribution in [1.82, 2.24) is 9.88 Å². The van der Waals surface area contributed by atoms with Crippen molar-refractivity contribution in [2.75, 3.05) is 31.6 Å². The molecule has 2 aliphatic rings. The fourth-order valence-corrected chi connectivity index (χ4v) is 4.19. The minimum absolute atomic E-state index is 0.00806. The maximum atomic E-state index is 12.4. The van der Waals surface area contributed by atoms with Crippen LogP contribution in [0.2, 0.25) is 0 Å². The third-order valence-electron chi connectivity index (χ3n) is 4.45. The number of anilines is 1. The molecule has 2 saturated heterocycles. The fraction of sp³-hybridized carbons (Fsp3) is 0.750. The number of hydrogen-bond donors (Lipinski definition) is 1. The van der Waals surface area contributed by atoms with Crippen molar-refractivity contribution in [2.45, 2.75) is 51.9 Å². The van der Waals surface area contributed by atoms with Gasteiger partial charge in [0.2, 0.25) is 5.91 Å². The molecule has 1 amide bonds. The summed E-state index contributed by atoms with van der Waals surface area (Å²) >= 11 is 1.54. The lowest BCUT2D eigenvalue weighted by Crippen LogP contribution is -2.50. The second-order valence-electron chi connectivity index (χ2n) is 6.07. The molecule has 1 unspecified atom stereocenters. The molecule has 0 aliphatic carbocycles. The first-order valence-corrected chi connectivity index (χ1v) is 9.22. The number of carbonyl (C=O) groups excluding carboxylic acids is 1. The normalized spacial score (nSPS) is 23.3. The summed E-state index contributed by atoms with van der Waals surface area (Å²) in [6.45, 7) is 6.71. The Morgan fingerprint density at radius 1 is 1.39 bits per heavy atom. The van der Waals surface area contributed by atoms with Crippen molar-refractivity contribution in [2.24, 2.45) is 0 Å². The van der Waals surface area contributed by atoms with Gasteiger partial charge in [0.05, 0.1) is 31.5 Å². The van der Waals surface area contributed by atoms with Crippen LogP contribution in [0.15, 0.2) is 0 Å². The maximum absolute atomic E-state index is 12.4. The number of amides is 1. The van der Waals surface area contributed by atoms with E-state index in [4.69, 9.17) is 9.47 Å². The minimum Gasteiger partial charge on any atom is -0.349 e. The van der Waals surface area contributed by atoms with Crippen LogP contribution in [0.4, 0.5) is 5.13 Å². The molecule has 6 nitrogen and oxygen atoms in total. The Kier molecular flexibility index (Phi) is 5.63. The molecule has 128 valence electrons. The van der Waals surface area contributed by atoms with E-state index in [1.54, 1.807) is 11.3 Å². The minimum atomic E-state index is -0.183. The largest absolute Gasteiger partial charge is 0.349 e. The predicted octanol–water partition coefficient (Wildman–Crippen LogP) is 2.18. The van der Waals surface area contributed by atoms with E-state index in [2.05, 4.69) is 22.1 Å². The van der Waals surface area contributed by atoms with Gasteiger partial charge in [-0.25, -0.2) is 4.98 Å². The number of aryl methyl sites for hydroxylation is 2. The molecule has 2 fully saturated rings. The first-order chi connectivity index (χ1) is 11.2.